The second-order valence-corrected chi connectivity index (χ2v) is 6.89. The summed E-state index contributed by atoms with van der Waals surface area (Å²) >= 11 is 6.04. The van der Waals surface area contributed by atoms with E-state index in [0.29, 0.717) is 18.5 Å². The number of piperidine rings is 1. The number of carbonyl (C=O) groups is 2. The fraction of sp³-hybridized carbons (Fsp3) is 0.529. The van der Waals surface area contributed by atoms with Crippen LogP contribution in [0.3, 0.4) is 0 Å². The lowest BCUT2D eigenvalue weighted by Gasteiger charge is -2.36. The summed E-state index contributed by atoms with van der Waals surface area (Å²) < 4.78 is 14.0. The van der Waals surface area contributed by atoms with Crippen molar-refractivity contribution in [3.8, 4) is 0 Å². The van der Waals surface area contributed by atoms with Gasteiger partial charge in [-0.2, -0.15) is 0 Å². The Kier molecular flexibility index (Phi) is 6.37. The molecule has 25 heavy (non-hydrogen) atoms. The Morgan fingerprint density at radius 1 is 1.44 bits per heavy atom. The molecule has 1 aromatic rings. The molecule has 2 atom stereocenters. The van der Waals surface area contributed by atoms with Gasteiger partial charge in [0.25, 0.3) is 5.91 Å². The summed E-state index contributed by atoms with van der Waals surface area (Å²) in [5, 5.41) is 13.0. The van der Waals surface area contributed by atoms with Gasteiger partial charge < -0.3 is 15.3 Å². The van der Waals surface area contributed by atoms with Gasteiger partial charge in [-0.25, -0.2) is 4.39 Å². The Morgan fingerprint density at radius 2 is 2.12 bits per heavy atom. The number of hydrogen-bond donors (Lipinski definition) is 2. The van der Waals surface area contributed by atoms with E-state index >= 15 is 0 Å². The van der Waals surface area contributed by atoms with Crippen LogP contribution in [0.5, 0.6) is 0 Å². The monoisotopic (exact) mass is 371 g/mol. The highest BCUT2D eigenvalue weighted by molar-refractivity contribution is 6.34. The van der Waals surface area contributed by atoms with Gasteiger partial charge in [0.1, 0.15) is 5.82 Å². The van der Waals surface area contributed by atoms with Crippen molar-refractivity contribution >= 4 is 23.4 Å². The van der Waals surface area contributed by atoms with Crippen molar-refractivity contribution in [3.05, 3.63) is 34.1 Å². The van der Waals surface area contributed by atoms with E-state index in [1.807, 2.05) is 4.90 Å². The van der Waals surface area contributed by atoms with Crippen LogP contribution in [0.4, 0.5) is 4.39 Å². The summed E-state index contributed by atoms with van der Waals surface area (Å²) in [6, 6.07) is 2.18. The molecule has 2 amide bonds. The number of likely N-dealkylation sites (tertiary alicyclic amines) is 1. The van der Waals surface area contributed by atoms with Gasteiger partial charge in [0.2, 0.25) is 5.91 Å². The van der Waals surface area contributed by atoms with E-state index in [-0.39, 0.29) is 29.6 Å². The van der Waals surface area contributed by atoms with Crippen LogP contribution in [0.1, 0.15) is 22.3 Å². The number of aliphatic hydroxyl groups excluding tert-OH is 1. The van der Waals surface area contributed by atoms with Crippen molar-refractivity contribution in [3.63, 3.8) is 0 Å². The Balaban J connectivity index is 2.00. The predicted octanol–water partition coefficient (Wildman–Crippen LogP) is 1.04. The second-order valence-electron chi connectivity index (χ2n) is 6.51. The maximum Gasteiger partial charge on any atom is 0.256 e. The summed E-state index contributed by atoms with van der Waals surface area (Å²) in [5.74, 6) is -1.40. The van der Waals surface area contributed by atoms with Crippen molar-refractivity contribution in [1.29, 1.82) is 0 Å². The lowest BCUT2D eigenvalue weighted by molar-refractivity contribution is -0.130. The first-order chi connectivity index (χ1) is 11.7. The number of amides is 2. The Morgan fingerprint density at radius 3 is 2.72 bits per heavy atom. The highest BCUT2D eigenvalue weighted by atomic mass is 35.5. The molecule has 1 aromatic carbocycles. The molecule has 0 aromatic heterocycles. The molecule has 1 fully saturated rings. The first-order valence-corrected chi connectivity index (χ1v) is 8.44. The van der Waals surface area contributed by atoms with Crippen LogP contribution < -0.4 is 5.32 Å². The van der Waals surface area contributed by atoms with Gasteiger partial charge in [-0.3, -0.25) is 14.5 Å². The highest BCUT2D eigenvalue weighted by Gasteiger charge is 2.31. The minimum atomic E-state index is -0.848. The standard InChI is InChI=1S/C17H23ClFN3O3/c1-10-4-5-11(19)15(16(10)18)17(25)20-12-6-7-22(8-13(12)23)9-14(24)21(2)3/h4-5,12-13,23H,6-9H2,1-3H3,(H,20,25)/t12-,13-/m1/s1. The number of benzene rings is 1. The maximum absolute atomic E-state index is 14.0. The predicted molar refractivity (Wildman–Crippen MR) is 93.2 cm³/mol. The normalized spacial score (nSPS) is 21.0. The highest BCUT2D eigenvalue weighted by Crippen LogP contribution is 2.24. The first kappa shape index (κ1) is 19.6. The number of halogens is 2. The van der Waals surface area contributed by atoms with Gasteiger partial charge in [0.05, 0.1) is 29.3 Å². The maximum atomic E-state index is 14.0. The fourth-order valence-corrected chi connectivity index (χ4v) is 2.99. The van der Waals surface area contributed by atoms with Crippen molar-refractivity contribution < 1.29 is 19.1 Å². The van der Waals surface area contributed by atoms with Crippen LogP contribution in [0.25, 0.3) is 0 Å². The van der Waals surface area contributed by atoms with Crippen molar-refractivity contribution in [2.75, 3.05) is 33.7 Å². The molecular formula is C17H23ClFN3O3. The van der Waals surface area contributed by atoms with Crippen molar-refractivity contribution in [1.82, 2.24) is 15.1 Å². The summed E-state index contributed by atoms with van der Waals surface area (Å²) in [7, 11) is 3.34. The third kappa shape index (κ3) is 4.68. The van der Waals surface area contributed by atoms with Gasteiger partial charge in [-0.1, -0.05) is 17.7 Å². The Hall–Kier alpha value is -1.70. The molecule has 0 aliphatic carbocycles. The van der Waals surface area contributed by atoms with E-state index in [2.05, 4.69) is 5.32 Å². The summed E-state index contributed by atoms with van der Waals surface area (Å²) in [6.45, 7) is 2.71. The topological polar surface area (TPSA) is 72.9 Å². The largest absolute Gasteiger partial charge is 0.390 e. The van der Waals surface area contributed by atoms with Crippen LogP contribution in [0.15, 0.2) is 12.1 Å². The SMILES string of the molecule is Cc1ccc(F)c(C(=O)N[C@@H]2CCN(CC(=O)N(C)C)C[C@H]2O)c1Cl. The average Bonchev–Trinajstić information content (AvgIpc) is 2.54. The third-order valence-corrected chi connectivity index (χ3v) is 4.84. The summed E-state index contributed by atoms with van der Waals surface area (Å²) in [5.41, 5.74) is 0.393. The molecule has 1 saturated heterocycles. The van der Waals surface area contributed by atoms with E-state index in [1.54, 1.807) is 21.0 Å². The van der Waals surface area contributed by atoms with Crippen LogP contribution in [0, 0.1) is 12.7 Å². The van der Waals surface area contributed by atoms with Gasteiger partial charge in [0, 0.05) is 27.2 Å². The number of rotatable bonds is 4. The molecule has 0 bridgehead atoms. The van der Waals surface area contributed by atoms with Crippen LogP contribution >= 0.6 is 11.6 Å². The molecule has 1 heterocycles. The lowest BCUT2D eigenvalue weighted by Crippen LogP contribution is -2.55. The minimum Gasteiger partial charge on any atom is -0.390 e. The van der Waals surface area contributed by atoms with E-state index in [1.165, 1.54) is 17.0 Å². The van der Waals surface area contributed by atoms with Crippen LogP contribution in [-0.4, -0.2) is 72.6 Å². The molecular weight excluding hydrogens is 349 g/mol. The first-order valence-electron chi connectivity index (χ1n) is 8.06. The number of hydrogen-bond acceptors (Lipinski definition) is 4. The molecule has 2 rings (SSSR count). The number of aliphatic hydroxyl groups is 1. The smallest absolute Gasteiger partial charge is 0.256 e. The molecule has 8 heteroatoms. The van der Waals surface area contributed by atoms with Gasteiger partial charge in [-0.05, 0) is 25.0 Å². The van der Waals surface area contributed by atoms with E-state index in [4.69, 9.17) is 11.6 Å². The van der Waals surface area contributed by atoms with Crippen LogP contribution in [-0.2, 0) is 4.79 Å². The van der Waals surface area contributed by atoms with Crippen LogP contribution in [0.2, 0.25) is 5.02 Å². The molecule has 6 nitrogen and oxygen atoms in total. The van der Waals surface area contributed by atoms with Gasteiger partial charge in [-0.15, -0.1) is 0 Å². The lowest BCUT2D eigenvalue weighted by atomic mass is 10.0. The minimum absolute atomic E-state index is 0.0525. The summed E-state index contributed by atoms with van der Waals surface area (Å²) in [4.78, 5) is 27.4. The molecule has 0 radical (unpaired) electrons. The average molecular weight is 372 g/mol. The number of nitrogens with zero attached hydrogens (tertiary/aromatic N) is 2. The molecule has 138 valence electrons. The van der Waals surface area contributed by atoms with Gasteiger partial charge >= 0.3 is 0 Å². The van der Waals surface area contributed by atoms with E-state index < -0.39 is 23.9 Å². The van der Waals surface area contributed by atoms with Crippen molar-refractivity contribution in [2.45, 2.75) is 25.5 Å². The van der Waals surface area contributed by atoms with Gasteiger partial charge in [0.15, 0.2) is 0 Å². The number of β-amino-alcohol motifs (C(OH)–C–C–N with tert-alkyl or cyclic N) is 1. The molecule has 0 saturated carbocycles. The zero-order chi connectivity index (χ0) is 18.7. The zero-order valence-corrected chi connectivity index (χ0v) is 15.3. The second kappa shape index (κ2) is 8.12. The Bertz CT molecular complexity index is 669. The molecule has 0 unspecified atom stereocenters. The molecule has 2 N–H and O–H groups in total. The summed E-state index contributed by atoms with van der Waals surface area (Å²) in [6.07, 6.45) is -0.391. The molecule has 1 aliphatic rings. The number of nitrogens with one attached hydrogen (secondary N) is 1. The Labute approximate surface area is 151 Å². The number of aryl methyl sites for hydroxylation is 1. The number of carbonyl (C=O) groups excluding carboxylic acids is 2. The number of likely N-dealkylation sites (N-methyl/N-ethyl adjacent to an activating group) is 1. The zero-order valence-electron chi connectivity index (χ0n) is 14.6. The van der Waals surface area contributed by atoms with E-state index in [9.17, 15) is 19.1 Å². The quantitative estimate of drug-likeness (QED) is 0.829. The third-order valence-electron chi connectivity index (χ3n) is 4.35. The fourth-order valence-electron chi connectivity index (χ4n) is 2.75. The molecule has 0 spiro atoms. The molecule has 1 aliphatic heterocycles. The van der Waals surface area contributed by atoms with Crippen molar-refractivity contribution in [2.24, 2.45) is 0 Å². The van der Waals surface area contributed by atoms with E-state index in [0.717, 1.165) is 0 Å².